The lowest BCUT2D eigenvalue weighted by Crippen LogP contribution is -2.13. The van der Waals surface area contributed by atoms with Crippen molar-refractivity contribution in [3.8, 4) is 12.1 Å². The second kappa shape index (κ2) is 6.38. The fourth-order valence-corrected chi connectivity index (χ4v) is 2.11. The molecule has 23 heavy (non-hydrogen) atoms. The van der Waals surface area contributed by atoms with Gasteiger partial charge in [0.1, 0.15) is 17.8 Å². The molecule has 5 heteroatoms. The van der Waals surface area contributed by atoms with Crippen LogP contribution in [0.3, 0.4) is 0 Å². The predicted octanol–water partition coefficient (Wildman–Crippen LogP) is 3.26. The van der Waals surface area contributed by atoms with Crippen LogP contribution in [0.25, 0.3) is 0 Å². The maximum atomic E-state index is 9.14. The van der Waals surface area contributed by atoms with Crippen LogP contribution in [0.15, 0.2) is 81.9 Å². The third-order valence-corrected chi connectivity index (χ3v) is 3.19. The molecule has 2 aromatic rings. The van der Waals surface area contributed by atoms with Gasteiger partial charge in [0.15, 0.2) is 17.2 Å². The average Bonchev–Trinajstić information content (AvgIpc) is 3.02. The van der Waals surface area contributed by atoms with Gasteiger partial charge < -0.3 is 5.32 Å². The van der Waals surface area contributed by atoms with Gasteiger partial charge in [0, 0.05) is 11.3 Å². The van der Waals surface area contributed by atoms with E-state index in [2.05, 4.69) is 15.3 Å². The molecule has 0 aliphatic carbocycles. The lowest BCUT2D eigenvalue weighted by Gasteiger charge is -2.05. The first-order valence-electron chi connectivity index (χ1n) is 6.91. The van der Waals surface area contributed by atoms with Crippen molar-refractivity contribution in [2.75, 3.05) is 5.32 Å². The maximum Gasteiger partial charge on any atom is 0.162 e. The molecule has 0 aromatic heterocycles. The van der Waals surface area contributed by atoms with Gasteiger partial charge in [0.05, 0.1) is 0 Å². The number of amidine groups is 2. The normalized spacial score (nSPS) is 12.7. The van der Waals surface area contributed by atoms with Gasteiger partial charge >= 0.3 is 0 Å². The van der Waals surface area contributed by atoms with Crippen molar-refractivity contribution in [2.45, 2.75) is 0 Å². The Morgan fingerprint density at radius 3 is 2.04 bits per heavy atom. The summed E-state index contributed by atoms with van der Waals surface area (Å²) < 4.78 is 0. The van der Waals surface area contributed by atoms with Crippen molar-refractivity contribution in [2.24, 2.45) is 9.98 Å². The number of aliphatic imine (C=N–C) groups is 2. The highest BCUT2D eigenvalue weighted by Gasteiger charge is 2.22. The molecule has 0 saturated heterocycles. The molecular weight excluding hydrogens is 286 g/mol. The monoisotopic (exact) mass is 297 g/mol. The molecule has 1 aliphatic rings. The lowest BCUT2D eigenvalue weighted by molar-refractivity contribution is 1.38. The van der Waals surface area contributed by atoms with Gasteiger partial charge in [0.25, 0.3) is 0 Å². The number of allylic oxidation sites excluding steroid dienone is 1. The van der Waals surface area contributed by atoms with E-state index in [0.29, 0.717) is 11.7 Å². The Hall–Kier alpha value is -3.70. The SMILES string of the molecule is N#CC(C#N)=C1N=C(c2ccccc2)N=C1Nc1ccccc1. The van der Waals surface area contributed by atoms with E-state index in [1.165, 1.54) is 0 Å². The summed E-state index contributed by atoms with van der Waals surface area (Å²) in [5.41, 5.74) is 1.82. The Balaban J connectivity index is 2.04. The molecule has 0 fully saturated rings. The maximum absolute atomic E-state index is 9.14. The molecule has 0 unspecified atom stereocenters. The van der Waals surface area contributed by atoms with E-state index in [1.807, 2.05) is 72.8 Å². The molecule has 0 radical (unpaired) electrons. The van der Waals surface area contributed by atoms with Crippen LogP contribution in [0.4, 0.5) is 5.69 Å². The molecule has 1 N–H and O–H groups in total. The highest BCUT2D eigenvalue weighted by Crippen LogP contribution is 2.20. The van der Waals surface area contributed by atoms with E-state index < -0.39 is 0 Å². The van der Waals surface area contributed by atoms with E-state index in [9.17, 15) is 0 Å². The predicted molar refractivity (Wildman–Crippen MR) is 88.7 cm³/mol. The van der Waals surface area contributed by atoms with E-state index in [4.69, 9.17) is 10.5 Å². The zero-order valence-corrected chi connectivity index (χ0v) is 12.1. The van der Waals surface area contributed by atoms with Crippen molar-refractivity contribution < 1.29 is 0 Å². The van der Waals surface area contributed by atoms with Gasteiger partial charge in [-0.3, -0.25) is 0 Å². The second-order valence-corrected chi connectivity index (χ2v) is 4.70. The number of nitrogens with one attached hydrogen (secondary N) is 1. The summed E-state index contributed by atoms with van der Waals surface area (Å²) in [6.45, 7) is 0. The number of anilines is 1. The Kier molecular flexibility index (Phi) is 3.95. The highest BCUT2D eigenvalue weighted by molar-refractivity contribution is 6.22. The fraction of sp³-hybridized carbons (Fsp3) is 0. The molecule has 0 saturated carbocycles. The molecule has 1 aliphatic heterocycles. The van der Waals surface area contributed by atoms with Crippen molar-refractivity contribution in [3.05, 3.63) is 77.5 Å². The van der Waals surface area contributed by atoms with Crippen molar-refractivity contribution in [1.82, 2.24) is 0 Å². The lowest BCUT2D eigenvalue weighted by atomic mass is 10.2. The number of rotatable bonds is 2. The van der Waals surface area contributed by atoms with Crippen LogP contribution < -0.4 is 5.32 Å². The summed E-state index contributed by atoms with van der Waals surface area (Å²) in [5, 5.41) is 21.4. The fourth-order valence-electron chi connectivity index (χ4n) is 2.11. The van der Waals surface area contributed by atoms with Crippen LogP contribution >= 0.6 is 0 Å². The number of benzene rings is 2. The standard InChI is InChI=1S/C18H11N5/c19-11-14(12-20)16-18(21-15-9-5-2-6-10-15)23-17(22-16)13-7-3-1-4-8-13/h1-10H,(H,21,22,23). The van der Waals surface area contributed by atoms with Crippen LogP contribution in [0.1, 0.15) is 5.56 Å². The number of hydrogen-bond donors (Lipinski definition) is 1. The summed E-state index contributed by atoms with van der Waals surface area (Å²) >= 11 is 0. The minimum Gasteiger partial charge on any atom is -0.338 e. The molecule has 108 valence electrons. The molecule has 0 bridgehead atoms. The average molecular weight is 297 g/mol. The molecule has 5 nitrogen and oxygen atoms in total. The van der Waals surface area contributed by atoms with Crippen LogP contribution in [0, 0.1) is 22.7 Å². The van der Waals surface area contributed by atoms with Crippen molar-refractivity contribution >= 4 is 17.4 Å². The highest BCUT2D eigenvalue weighted by atomic mass is 15.1. The van der Waals surface area contributed by atoms with Gasteiger partial charge in [-0.05, 0) is 12.1 Å². The molecule has 0 atom stereocenters. The molecular formula is C18H11N5. The minimum absolute atomic E-state index is 0.0712. The Morgan fingerprint density at radius 1 is 0.826 bits per heavy atom. The van der Waals surface area contributed by atoms with Gasteiger partial charge in [-0.25, -0.2) is 9.98 Å². The molecule has 1 heterocycles. The largest absolute Gasteiger partial charge is 0.338 e. The van der Waals surface area contributed by atoms with Crippen molar-refractivity contribution in [1.29, 1.82) is 10.5 Å². The Bertz CT molecular complexity index is 878. The van der Waals surface area contributed by atoms with Gasteiger partial charge in [0.2, 0.25) is 0 Å². The van der Waals surface area contributed by atoms with Crippen LogP contribution in [0.5, 0.6) is 0 Å². The van der Waals surface area contributed by atoms with E-state index >= 15 is 0 Å². The Labute approximate surface area is 133 Å². The Morgan fingerprint density at radius 2 is 1.43 bits per heavy atom. The first-order valence-corrected chi connectivity index (χ1v) is 6.91. The summed E-state index contributed by atoms with van der Waals surface area (Å²) in [6.07, 6.45) is 0. The van der Waals surface area contributed by atoms with Gasteiger partial charge in [-0.1, -0.05) is 48.5 Å². The number of nitriles is 2. The molecule has 2 aromatic carbocycles. The third kappa shape index (κ3) is 2.99. The smallest absolute Gasteiger partial charge is 0.162 e. The zero-order valence-electron chi connectivity index (χ0n) is 12.1. The number of nitrogens with zero attached hydrogens (tertiary/aromatic N) is 4. The summed E-state index contributed by atoms with van der Waals surface area (Å²) in [5.74, 6) is 0.871. The quantitative estimate of drug-likeness (QED) is 0.863. The second-order valence-electron chi connectivity index (χ2n) is 4.70. The van der Waals surface area contributed by atoms with E-state index in [0.717, 1.165) is 11.3 Å². The zero-order chi connectivity index (χ0) is 16.1. The number of hydrogen-bond acceptors (Lipinski definition) is 5. The van der Waals surface area contributed by atoms with E-state index in [1.54, 1.807) is 0 Å². The van der Waals surface area contributed by atoms with Crippen LogP contribution in [-0.2, 0) is 0 Å². The third-order valence-electron chi connectivity index (χ3n) is 3.19. The number of para-hydroxylation sites is 1. The van der Waals surface area contributed by atoms with Gasteiger partial charge in [-0.2, -0.15) is 10.5 Å². The molecule has 0 amide bonds. The van der Waals surface area contributed by atoms with Crippen LogP contribution in [-0.4, -0.2) is 11.7 Å². The summed E-state index contributed by atoms with van der Waals surface area (Å²) in [7, 11) is 0. The summed E-state index contributed by atoms with van der Waals surface area (Å²) in [4.78, 5) is 8.81. The van der Waals surface area contributed by atoms with Crippen LogP contribution in [0.2, 0.25) is 0 Å². The first-order chi connectivity index (χ1) is 11.3. The van der Waals surface area contributed by atoms with Gasteiger partial charge in [-0.15, -0.1) is 0 Å². The minimum atomic E-state index is -0.0712. The summed E-state index contributed by atoms with van der Waals surface area (Å²) in [6, 6.07) is 22.6. The van der Waals surface area contributed by atoms with E-state index in [-0.39, 0.29) is 11.3 Å². The topological polar surface area (TPSA) is 84.3 Å². The van der Waals surface area contributed by atoms with Crippen molar-refractivity contribution in [3.63, 3.8) is 0 Å². The molecule has 0 spiro atoms. The first kappa shape index (κ1) is 14.2. The molecule has 3 rings (SSSR count).